The van der Waals surface area contributed by atoms with E-state index in [9.17, 15) is 13.6 Å². The molecule has 0 unspecified atom stereocenters. The van der Waals surface area contributed by atoms with Crippen LogP contribution in [0.4, 0.5) is 14.5 Å². The van der Waals surface area contributed by atoms with Gasteiger partial charge in [-0.05, 0) is 36.8 Å². The quantitative estimate of drug-likeness (QED) is 0.789. The van der Waals surface area contributed by atoms with Crippen LogP contribution in [0, 0.1) is 18.6 Å². The lowest BCUT2D eigenvalue weighted by Crippen LogP contribution is -2.13. The fraction of sp³-hybridized carbons (Fsp3) is 0.0588. The minimum absolute atomic E-state index is 0.0215. The standard InChI is InChI=1S/C17H12F2N2O2/c1-10-6-7-11(8-14(10)19)21-17(22)15-16(23-9-20-15)12-4-2-3-5-13(12)18/h2-9H,1H3,(H,21,22). The van der Waals surface area contributed by atoms with Crippen LogP contribution in [0.15, 0.2) is 53.3 Å². The highest BCUT2D eigenvalue weighted by Crippen LogP contribution is 2.26. The lowest BCUT2D eigenvalue weighted by atomic mass is 10.1. The Labute approximate surface area is 130 Å². The second-order valence-electron chi connectivity index (χ2n) is 4.93. The molecule has 1 heterocycles. The summed E-state index contributed by atoms with van der Waals surface area (Å²) < 4.78 is 32.5. The first-order valence-electron chi connectivity index (χ1n) is 6.82. The first-order valence-corrected chi connectivity index (χ1v) is 6.82. The molecule has 0 aliphatic carbocycles. The maximum Gasteiger partial charge on any atom is 0.278 e. The van der Waals surface area contributed by atoms with Gasteiger partial charge in [0.2, 0.25) is 0 Å². The van der Waals surface area contributed by atoms with Crippen LogP contribution in [-0.4, -0.2) is 10.9 Å². The van der Waals surface area contributed by atoms with E-state index < -0.39 is 17.5 Å². The van der Waals surface area contributed by atoms with Gasteiger partial charge < -0.3 is 9.73 Å². The zero-order valence-corrected chi connectivity index (χ0v) is 12.1. The molecule has 0 bridgehead atoms. The van der Waals surface area contributed by atoms with E-state index >= 15 is 0 Å². The van der Waals surface area contributed by atoms with Crippen LogP contribution >= 0.6 is 0 Å². The number of oxazole rings is 1. The van der Waals surface area contributed by atoms with Crippen LogP contribution in [0.3, 0.4) is 0 Å². The Bertz CT molecular complexity index is 875. The highest BCUT2D eigenvalue weighted by atomic mass is 19.1. The number of carbonyl (C=O) groups excluding carboxylic acids is 1. The Kier molecular flexibility index (Phi) is 3.89. The third-order valence-electron chi connectivity index (χ3n) is 3.33. The molecule has 0 radical (unpaired) electrons. The molecule has 1 amide bonds. The minimum Gasteiger partial charge on any atom is -0.443 e. The Morgan fingerprint density at radius 2 is 1.91 bits per heavy atom. The summed E-state index contributed by atoms with van der Waals surface area (Å²) in [6.45, 7) is 1.62. The zero-order valence-electron chi connectivity index (χ0n) is 12.1. The number of anilines is 1. The molecule has 3 aromatic rings. The van der Waals surface area contributed by atoms with Crippen molar-refractivity contribution in [3.05, 3.63) is 71.8 Å². The van der Waals surface area contributed by atoms with Gasteiger partial charge in [-0.2, -0.15) is 0 Å². The van der Waals surface area contributed by atoms with Crippen molar-refractivity contribution in [2.24, 2.45) is 0 Å². The lowest BCUT2D eigenvalue weighted by molar-refractivity contribution is 0.102. The topological polar surface area (TPSA) is 55.1 Å². The molecule has 116 valence electrons. The molecule has 6 heteroatoms. The van der Waals surface area contributed by atoms with E-state index in [1.54, 1.807) is 25.1 Å². The normalized spacial score (nSPS) is 10.6. The maximum absolute atomic E-state index is 13.9. The second-order valence-corrected chi connectivity index (χ2v) is 4.93. The van der Waals surface area contributed by atoms with Gasteiger partial charge in [-0.1, -0.05) is 18.2 Å². The van der Waals surface area contributed by atoms with E-state index in [2.05, 4.69) is 10.3 Å². The van der Waals surface area contributed by atoms with Crippen molar-refractivity contribution in [1.29, 1.82) is 0 Å². The van der Waals surface area contributed by atoms with Gasteiger partial charge >= 0.3 is 0 Å². The monoisotopic (exact) mass is 314 g/mol. The highest BCUT2D eigenvalue weighted by Gasteiger charge is 2.20. The zero-order chi connectivity index (χ0) is 16.4. The molecule has 0 saturated heterocycles. The molecular formula is C17H12F2N2O2. The summed E-state index contributed by atoms with van der Waals surface area (Å²) in [5, 5.41) is 2.52. The number of amides is 1. The summed E-state index contributed by atoms with van der Waals surface area (Å²) >= 11 is 0. The molecule has 23 heavy (non-hydrogen) atoms. The van der Waals surface area contributed by atoms with E-state index in [0.29, 0.717) is 5.56 Å². The molecule has 2 aromatic carbocycles. The molecule has 0 fully saturated rings. The van der Waals surface area contributed by atoms with Gasteiger partial charge in [0, 0.05) is 5.69 Å². The number of hydrogen-bond acceptors (Lipinski definition) is 3. The SMILES string of the molecule is Cc1ccc(NC(=O)c2ncoc2-c2ccccc2F)cc1F. The number of aryl methyl sites for hydroxylation is 1. The maximum atomic E-state index is 13.9. The van der Waals surface area contributed by atoms with E-state index in [4.69, 9.17) is 4.42 Å². The van der Waals surface area contributed by atoms with Crippen molar-refractivity contribution in [2.45, 2.75) is 6.92 Å². The Morgan fingerprint density at radius 3 is 2.65 bits per heavy atom. The first kappa shape index (κ1) is 14.9. The average Bonchev–Trinajstić information content (AvgIpc) is 3.01. The number of rotatable bonds is 3. The molecule has 0 saturated carbocycles. The number of benzene rings is 2. The molecule has 0 spiro atoms. The summed E-state index contributed by atoms with van der Waals surface area (Å²) in [5.41, 5.74) is 0.804. The van der Waals surface area contributed by atoms with E-state index in [1.807, 2.05) is 0 Å². The minimum atomic E-state index is -0.611. The third-order valence-corrected chi connectivity index (χ3v) is 3.33. The van der Waals surface area contributed by atoms with Gasteiger partial charge in [0.15, 0.2) is 17.8 Å². The molecule has 4 nitrogen and oxygen atoms in total. The van der Waals surface area contributed by atoms with Crippen LogP contribution in [0.2, 0.25) is 0 Å². The fourth-order valence-corrected chi connectivity index (χ4v) is 2.11. The Balaban J connectivity index is 1.91. The first-order chi connectivity index (χ1) is 11.1. The number of carbonyl (C=O) groups is 1. The van der Waals surface area contributed by atoms with Crippen molar-refractivity contribution in [3.8, 4) is 11.3 Å². The summed E-state index contributed by atoms with van der Waals surface area (Å²) in [7, 11) is 0. The van der Waals surface area contributed by atoms with Crippen LogP contribution in [0.5, 0.6) is 0 Å². The Hall–Kier alpha value is -3.02. The summed E-state index contributed by atoms with van der Waals surface area (Å²) in [6.07, 6.45) is 1.06. The van der Waals surface area contributed by atoms with E-state index in [1.165, 1.54) is 24.3 Å². The molecule has 0 atom stereocenters. The van der Waals surface area contributed by atoms with Gasteiger partial charge in [-0.25, -0.2) is 13.8 Å². The van der Waals surface area contributed by atoms with Crippen molar-refractivity contribution >= 4 is 11.6 Å². The second kappa shape index (κ2) is 6.00. The highest BCUT2D eigenvalue weighted by molar-refractivity contribution is 6.06. The Morgan fingerprint density at radius 1 is 1.13 bits per heavy atom. The van der Waals surface area contributed by atoms with Gasteiger partial charge in [-0.15, -0.1) is 0 Å². The summed E-state index contributed by atoms with van der Waals surface area (Å²) in [4.78, 5) is 16.1. The smallest absolute Gasteiger partial charge is 0.278 e. The summed E-state index contributed by atoms with van der Waals surface area (Å²) in [5.74, 6) is -1.55. The van der Waals surface area contributed by atoms with Gasteiger partial charge in [0.1, 0.15) is 11.6 Å². The fourth-order valence-electron chi connectivity index (χ4n) is 2.11. The van der Waals surface area contributed by atoms with Crippen LogP contribution < -0.4 is 5.32 Å². The number of hydrogen-bond donors (Lipinski definition) is 1. The predicted octanol–water partition coefficient (Wildman–Crippen LogP) is 4.18. The lowest BCUT2D eigenvalue weighted by Gasteiger charge is -2.06. The largest absolute Gasteiger partial charge is 0.443 e. The number of halogens is 2. The van der Waals surface area contributed by atoms with Gasteiger partial charge in [0.05, 0.1) is 5.56 Å². The number of aromatic nitrogens is 1. The van der Waals surface area contributed by atoms with Crippen molar-refractivity contribution in [3.63, 3.8) is 0 Å². The summed E-state index contributed by atoms with van der Waals surface area (Å²) in [6, 6.07) is 10.2. The van der Waals surface area contributed by atoms with Crippen LogP contribution in [0.1, 0.15) is 16.1 Å². The molecular weight excluding hydrogens is 302 g/mol. The van der Waals surface area contributed by atoms with E-state index in [0.717, 1.165) is 6.39 Å². The van der Waals surface area contributed by atoms with E-state index in [-0.39, 0.29) is 22.7 Å². The van der Waals surface area contributed by atoms with Gasteiger partial charge in [0.25, 0.3) is 5.91 Å². The van der Waals surface area contributed by atoms with Crippen molar-refractivity contribution < 1.29 is 18.0 Å². The predicted molar refractivity (Wildman–Crippen MR) is 81.0 cm³/mol. The molecule has 1 aromatic heterocycles. The van der Waals surface area contributed by atoms with Crippen molar-refractivity contribution in [1.82, 2.24) is 4.98 Å². The van der Waals surface area contributed by atoms with Crippen LogP contribution in [0.25, 0.3) is 11.3 Å². The molecule has 0 aliphatic heterocycles. The van der Waals surface area contributed by atoms with Gasteiger partial charge in [-0.3, -0.25) is 4.79 Å². The molecule has 1 N–H and O–H groups in total. The molecule has 0 aliphatic rings. The molecule has 3 rings (SSSR count). The van der Waals surface area contributed by atoms with Crippen molar-refractivity contribution in [2.75, 3.05) is 5.32 Å². The van der Waals surface area contributed by atoms with Crippen LogP contribution in [-0.2, 0) is 0 Å². The third kappa shape index (κ3) is 2.96. The average molecular weight is 314 g/mol. The number of nitrogens with one attached hydrogen (secondary N) is 1. The number of nitrogens with zero attached hydrogens (tertiary/aromatic N) is 1.